The van der Waals surface area contributed by atoms with Crippen LogP contribution in [0.4, 0.5) is 0 Å². The van der Waals surface area contributed by atoms with E-state index >= 15 is 0 Å². The summed E-state index contributed by atoms with van der Waals surface area (Å²) in [6.07, 6.45) is 4.50. The van der Waals surface area contributed by atoms with Gasteiger partial charge in [0.2, 0.25) is 0 Å². The molecule has 2 unspecified atom stereocenters. The van der Waals surface area contributed by atoms with Crippen LogP contribution in [-0.4, -0.2) is 25.0 Å². The molecule has 0 spiro atoms. The Hall–Kier alpha value is -0.410. The molecule has 1 saturated heterocycles. The van der Waals surface area contributed by atoms with Crippen LogP contribution in [0.5, 0.6) is 0 Å². The Labute approximate surface area is 91.4 Å². The second-order valence-electron chi connectivity index (χ2n) is 5.17. The van der Waals surface area contributed by atoms with Crippen LogP contribution in [0.15, 0.2) is 0 Å². The Morgan fingerprint density at radius 1 is 1.20 bits per heavy atom. The summed E-state index contributed by atoms with van der Waals surface area (Å²) in [7, 11) is 0. The van der Waals surface area contributed by atoms with Crippen LogP contribution < -0.4 is 5.73 Å². The second kappa shape index (κ2) is 4.62. The van der Waals surface area contributed by atoms with Gasteiger partial charge in [0, 0.05) is 12.0 Å². The number of hydrogen-bond acceptors (Lipinski definition) is 3. The highest BCUT2D eigenvalue weighted by molar-refractivity contribution is 5.84. The first-order chi connectivity index (χ1) is 7.18. The van der Waals surface area contributed by atoms with Gasteiger partial charge >= 0.3 is 0 Å². The highest BCUT2D eigenvalue weighted by Crippen LogP contribution is 2.31. The van der Waals surface area contributed by atoms with E-state index in [2.05, 4.69) is 6.92 Å². The van der Waals surface area contributed by atoms with Crippen molar-refractivity contribution in [3.63, 3.8) is 0 Å². The smallest absolute Gasteiger partial charge is 0.142 e. The van der Waals surface area contributed by atoms with E-state index in [9.17, 15) is 4.79 Å². The van der Waals surface area contributed by atoms with Gasteiger partial charge in [0.15, 0.2) is 0 Å². The average molecular weight is 211 g/mol. The molecular weight excluding hydrogens is 190 g/mol. The first kappa shape index (κ1) is 11.1. The number of rotatable bonds is 2. The second-order valence-corrected chi connectivity index (χ2v) is 5.17. The van der Waals surface area contributed by atoms with Crippen LogP contribution >= 0.6 is 0 Å². The van der Waals surface area contributed by atoms with Crippen molar-refractivity contribution < 1.29 is 9.53 Å². The SMILES string of the molecule is CC1CCC(C(=O)C2COCC2N)CC1. The van der Waals surface area contributed by atoms with E-state index in [0.717, 1.165) is 18.8 Å². The number of ketones is 1. The summed E-state index contributed by atoms with van der Waals surface area (Å²) >= 11 is 0. The van der Waals surface area contributed by atoms with E-state index in [1.165, 1.54) is 12.8 Å². The molecule has 3 heteroatoms. The number of ether oxygens (including phenoxy) is 1. The zero-order valence-corrected chi connectivity index (χ0v) is 9.45. The monoisotopic (exact) mass is 211 g/mol. The molecule has 0 aromatic carbocycles. The largest absolute Gasteiger partial charge is 0.379 e. The number of hydrogen-bond donors (Lipinski definition) is 1. The highest BCUT2D eigenvalue weighted by atomic mass is 16.5. The van der Waals surface area contributed by atoms with Gasteiger partial charge in [-0.1, -0.05) is 19.8 Å². The summed E-state index contributed by atoms with van der Waals surface area (Å²) in [5.41, 5.74) is 5.87. The minimum absolute atomic E-state index is 0.0246. The summed E-state index contributed by atoms with van der Waals surface area (Å²) in [4.78, 5) is 12.2. The maximum Gasteiger partial charge on any atom is 0.142 e. The Morgan fingerprint density at radius 2 is 1.87 bits per heavy atom. The van der Waals surface area contributed by atoms with Gasteiger partial charge in [-0.25, -0.2) is 0 Å². The molecule has 1 heterocycles. The third-order valence-electron chi connectivity index (χ3n) is 3.91. The van der Waals surface area contributed by atoms with E-state index in [4.69, 9.17) is 10.5 Å². The number of carbonyl (C=O) groups is 1. The van der Waals surface area contributed by atoms with Crippen molar-refractivity contribution in [3.05, 3.63) is 0 Å². The lowest BCUT2D eigenvalue weighted by Gasteiger charge is -2.27. The topological polar surface area (TPSA) is 52.3 Å². The Bertz CT molecular complexity index is 234. The molecule has 2 fully saturated rings. The lowest BCUT2D eigenvalue weighted by Crippen LogP contribution is -2.38. The lowest BCUT2D eigenvalue weighted by atomic mass is 9.77. The molecule has 2 aliphatic rings. The fraction of sp³-hybridized carbons (Fsp3) is 0.917. The molecule has 2 rings (SSSR count). The number of carbonyl (C=O) groups excluding carboxylic acids is 1. The molecule has 0 amide bonds. The van der Waals surface area contributed by atoms with Crippen LogP contribution in [-0.2, 0) is 9.53 Å². The third kappa shape index (κ3) is 2.40. The van der Waals surface area contributed by atoms with Gasteiger partial charge in [-0.15, -0.1) is 0 Å². The van der Waals surface area contributed by atoms with E-state index in [0.29, 0.717) is 19.0 Å². The van der Waals surface area contributed by atoms with Gasteiger partial charge in [-0.05, 0) is 18.8 Å². The summed E-state index contributed by atoms with van der Waals surface area (Å²) in [6.45, 7) is 3.37. The van der Waals surface area contributed by atoms with E-state index in [1.807, 2.05) is 0 Å². The van der Waals surface area contributed by atoms with E-state index < -0.39 is 0 Å². The summed E-state index contributed by atoms with van der Waals surface area (Å²) < 4.78 is 5.26. The molecule has 0 bridgehead atoms. The normalized spacial score (nSPS) is 41.7. The van der Waals surface area contributed by atoms with Crippen molar-refractivity contribution >= 4 is 5.78 Å². The van der Waals surface area contributed by atoms with Crippen molar-refractivity contribution in [2.45, 2.75) is 38.6 Å². The summed E-state index contributed by atoms with van der Waals surface area (Å²) in [5.74, 6) is 1.40. The average Bonchev–Trinajstić information content (AvgIpc) is 2.65. The number of Topliss-reactive ketones (excluding diaryl/α,β-unsaturated/α-hetero) is 1. The molecule has 0 radical (unpaired) electrons. The van der Waals surface area contributed by atoms with Gasteiger partial charge in [0.05, 0.1) is 19.1 Å². The highest BCUT2D eigenvalue weighted by Gasteiger charge is 2.36. The predicted molar refractivity (Wildman–Crippen MR) is 58.4 cm³/mol. The van der Waals surface area contributed by atoms with E-state index in [1.54, 1.807) is 0 Å². The minimum Gasteiger partial charge on any atom is -0.379 e. The van der Waals surface area contributed by atoms with Gasteiger partial charge in [0.25, 0.3) is 0 Å². The van der Waals surface area contributed by atoms with Crippen LogP contribution in [0, 0.1) is 17.8 Å². The summed E-state index contributed by atoms with van der Waals surface area (Å²) in [6, 6.07) is -0.0585. The Balaban J connectivity index is 1.90. The van der Waals surface area contributed by atoms with Crippen LogP contribution in [0.25, 0.3) is 0 Å². The van der Waals surface area contributed by atoms with Crippen molar-refractivity contribution in [1.29, 1.82) is 0 Å². The first-order valence-electron chi connectivity index (χ1n) is 6.05. The van der Waals surface area contributed by atoms with Crippen molar-refractivity contribution in [3.8, 4) is 0 Å². The van der Waals surface area contributed by atoms with Gasteiger partial charge in [-0.3, -0.25) is 4.79 Å². The van der Waals surface area contributed by atoms with Crippen molar-refractivity contribution in [1.82, 2.24) is 0 Å². The van der Waals surface area contributed by atoms with Crippen LogP contribution in [0.1, 0.15) is 32.6 Å². The molecular formula is C12H21NO2. The molecule has 2 N–H and O–H groups in total. The fourth-order valence-electron chi connectivity index (χ4n) is 2.71. The standard InChI is InChI=1S/C12H21NO2/c1-8-2-4-9(5-3-8)12(14)10-6-15-7-11(10)13/h8-11H,2-7,13H2,1H3. The van der Waals surface area contributed by atoms with Crippen molar-refractivity contribution in [2.75, 3.05) is 13.2 Å². The third-order valence-corrected chi connectivity index (χ3v) is 3.91. The predicted octanol–water partition coefficient (Wildman–Crippen LogP) is 1.36. The quantitative estimate of drug-likeness (QED) is 0.750. The molecule has 0 aromatic rings. The fourth-order valence-corrected chi connectivity index (χ4v) is 2.71. The molecule has 3 nitrogen and oxygen atoms in total. The molecule has 15 heavy (non-hydrogen) atoms. The number of nitrogens with two attached hydrogens (primary N) is 1. The molecule has 0 aromatic heterocycles. The summed E-state index contributed by atoms with van der Waals surface area (Å²) in [5, 5.41) is 0. The van der Waals surface area contributed by atoms with Crippen LogP contribution in [0.3, 0.4) is 0 Å². The van der Waals surface area contributed by atoms with Gasteiger partial charge in [-0.2, -0.15) is 0 Å². The Kier molecular flexibility index (Phi) is 3.42. The molecule has 1 aliphatic carbocycles. The zero-order chi connectivity index (χ0) is 10.8. The zero-order valence-electron chi connectivity index (χ0n) is 9.45. The molecule has 1 saturated carbocycles. The molecule has 1 aliphatic heterocycles. The van der Waals surface area contributed by atoms with E-state index in [-0.39, 0.29) is 17.9 Å². The maximum atomic E-state index is 12.2. The van der Waals surface area contributed by atoms with Gasteiger partial charge < -0.3 is 10.5 Å². The lowest BCUT2D eigenvalue weighted by molar-refractivity contribution is -0.128. The van der Waals surface area contributed by atoms with Gasteiger partial charge in [0.1, 0.15) is 5.78 Å². The molecule has 86 valence electrons. The maximum absolute atomic E-state index is 12.2. The van der Waals surface area contributed by atoms with Crippen LogP contribution in [0.2, 0.25) is 0 Å². The molecule has 2 atom stereocenters. The minimum atomic E-state index is -0.0585. The van der Waals surface area contributed by atoms with Crippen molar-refractivity contribution in [2.24, 2.45) is 23.5 Å². The first-order valence-corrected chi connectivity index (χ1v) is 6.05. The Morgan fingerprint density at radius 3 is 2.40 bits per heavy atom.